The van der Waals surface area contributed by atoms with Crippen molar-refractivity contribution in [2.45, 2.75) is 13.3 Å². The monoisotopic (exact) mass is 222 g/mol. The summed E-state index contributed by atoms with van der Waals surface area (Å²) in [4.78, 5) is 2.13. The molecular weight excluding hydrogens is 203 g/mol. The van der Waals surface area contributed by atoms with Gasteiger partial charge < -0.3 is 10.2 Å². The Morgan fingerprint density at radius 1 is 1.50 bits per heavy atom. The minimum atomic E-state index is -0.168. The molecule has 0 aliphatic carbocycles. The van der Waals surface area contributed by atoms with Gasteiger partial charge in [0.1, 0.15) is 5.82 Å². The maximum absolute atomic E-state index is 13.1. The van der Waals surface area contributed by atoms with Gasteiger partial charge in [0, 0.05) is 25.8 Å². The molecule has 1 fully saturated rings. The zero-order valence-corrected chi connectivity index (χ0v) is 9.96. The van der Waals surface area contributed by atoms with Gasteiger partial charge in [0.2, 0.25) is 0 Å². The van der Waals surface area contributed by atoms with Crippen molar-refractivity contribution >= 4 is 5.69 Å². The van der Waals surface area contributed by atoms with Gasteiger partial charge in [-0.25, -0.2) is 4.39 Å². The highest BCUT2D eigenvalue weighted by Gasteiger charge is 2.29. The summed E-state index contributed by atoms with van der Waals surface area (Å²) in [5.41, 5.74) is 1.26. The largest absolute Gasteiger partial charge is 0.374 e. The number of hydrogen-bond donors (Lipinski definition) is 1. The Balaban J connectivity index is 2.05. The lowest BCUT2D eigenvalue weighted by Crippen LogP contribution is -2.35. The van der Waals surface area contributed by atoms with Crippen molar-refractivity contribution in [3.05, 3.63) is 30.1 Å². The van der Waals surface area contributed by atoms with Crippen LogP contribution in [-0.4, -0.2) is 26.7 Å². The minimum absolute atomic E-state index is 0.168. The topological polar surface area (TPSA) is 15.3 Å². The Bertz CT molecular complexity index is 359. The molecule has 1 saturated heterocycles. The molecule has 3 heteroatoms. The average molecular weight is 222 g/mol. The molecule has 0 bridgehead atoms. The van der Waals surface area contributed by atoms with Gasteiger partial charge in [-0.2, -0.15) is 0 Å². The first-order valence-electron chi connectivity index (χ1n) is 5.77. The van der Waals surface area contributed by atoms with Gasteiger partial charge in [0.15, 0.2) is 0 Å². The Hall–Kier alpha value is -1.09. The van der Waals surface area contributed by atoms with Crippen LogP contribution in [0.1, 0.15) is 13.3 Å². The number of rotatable bonds is 3. The van der Waals surface area contributed by atoms with Crippen LogP contribution in [0.3, 0.4) is 0 Å². The van der Waals surface area contributed by atoms with Crippen LogP contribution in [-0.2, 0) is 0 Å². The predicted molar refractivity (Wildman–Crippen MR) is 65.3 cm³/mol. The fourth-order valence-electron chi connectivity index (χ4n) is 2.38. The van der Waals surface area contributed by atoms with Crippen molar-refractivity contribution in [2.24, 2.45) is 5.41 Å². The van der Waals surface area contributed by atoms with Crippen LogP contribution in [0, 0.1) is 11.2 Å². The summed E-state index contributed by atoms with van der Waals surface area (Å²) in [5, 5.41) is 3.38. The highest BCUT2D eigenvalue weighted by Crippen LogP contribution is 2.27. The van der Waals surface area contributed by atoms with Crippen molar-refractivity contribution in [1.29, 1.82) is 0 Å². The molecule has 1 aliphatic heterocycles. The van der Waals surface area contributed by atoms with E-state index in [1.165, 1.54) is 12.5 Å². The summed E-state index contributed by atoms with van der Waals surface area (Å²) in [6.45, 7) is 5.38. The van der Waals surface area contributed by atoms with E-state index in [1.807, 2.05) is 13.1 Å². The van der Waals surface area contributed by atoms with Crippen LogP contribution in [0.5, 0.6) is 0 Å². The van der Waals surface area contributed by atoms with Crippen molar-refractivity contribution in [2.75, 3.05) is 31.6 Å². The van der Waals surface area contributed by atoms with Crippen LogP contribution in [0.25, 0.3) is 0 Å². The minimum Gasteiger partial charge on any atom is -0.374 e. The van der Waals surface area contributed by atoms with Crippen LogP contribution in [0.15, 0.2) is 24.3 Å². The van der Waals surface area contributed by atoms with E-state index >= 15 is 0 Å². The van der Waals surface area contributed by atoms with Gasteiger partial charge in [0.25, 0.3) is 0 Å². The maximum atomic E-state index is 13.1. The summed E-state index contributed by atoms with van der Waals surface area (Å²) in [7, 11) is 2.03. The quantitative estimate of drug-likeness (QED) is 0.844. The highest BCUT2D eigenvalue weighted by molar-refractivity contribution is 5.45. The van der Waals surface area contributed by atoms with Crippen LogP contribution < -0.4 is 10.2 Å². The molecule has 0 radical (unpaired) electrons. The molecular formula is C13H19FN2. The first-order chi connectivity index (χ1) is 7.59. The van der Waals surface area contributed by atoms with Gasteiger partial charge in [-0.15, -0.1) is 0 Å². The molecule has 1 aliphatic rings. The lowest BCUT2D eigenvalue weighted by atomic mass is 9.89. The lowest BCUT2D eigenvalue weighted by Gasteiger charge is -2.30. The van der Waals surface area contributed by atoms with E-state index in [-0.39, 0.29) is 5.82 Å². The lowest BCUT2D eigenvalue weighted by molar-refractivity contribution is 0.371. The van der Waals surface area contributed by atoms with E-state index in [1.54, 1.807) is 12.1 Å². The molecule has 0 amide bonds. The molecule has 0 aromatic heterocycles. The normalized spacial score (nSPS) is 24.7. The van der Waals surface area contributed by atoms with Crippen LogP contribution in [0.4, 0.5) is 10.1 Å². The third kappa shape index (κ3) is 2.53. The number of anilines is 1. The third-order valence-corrected chi connectivity index (χ3v) is 3.32. The van der Waals surface area contributed by atoms with E-state index < -0.39 is 0 Å². The molecule has 2 rings (SSSR count). The SMILES string of the molecule is CN(CC1(C)CCNC1)c1cccc(F)c1. The smallest absolute Gasteiger partial charge is 0.125 e. The van der Waals surface area contributed by atoms with E-state index in [4.69, 9.17) is 0 Å². The summed E-state index contributed by atoms with van der Waals surface area (Å²) in [5.74, 6) is -0.168. The molecule has 1 aromatic rings. The van der Waals surface area contributed by atoms with Crippen molar-refractivity contribution in [3.63, 3.8) is 0 Å². The Labute approximate surface area is 96.5 Å². The fraction of sp³-hybridized carbons (Fsp3) is 0.538. The Morgan fingerprint density at radius 2 is 2.31 bits per heavy atom. The first kappa shape index (κ1) is 11.4. The van der Waals surface area contributed by atoms with Crippen LogP contribution >= 0.6 is 0 Å². The third-order valence-electron chi connectivity index (χ3n) is 3.32. The number of nitrogens with one attached hydrogen (secondary N) is 1. The Kier molecular flexibility index (Phi) is 3.15. The van der Waals surface area contributed by atoms with Crippen molar-refractivity contribution in [1.82, 2.24) is 5.32 Å². The molecule has 1 atom stereocenters. The van der Waals surface area contributed by atoms with Crippen molar-refractivity contribution < 1.29 is 4.39 Å². The standard InChI is InChI=1S/C13H19FN2/c1-13(6-7-15-9-13)10-16(2)12-5-3-4-11(14)8-12/h3-5,8,15H,6-7,9-10H2,1-2H3. The molecule has 1 heterocycles. The maximum Gasteiger partial charge on any atom is 0.125 e. The summed E-state index contributed by atoms with van der Waals surface area (Å²) < 4.78 is 13.1. The molecule has 1 unspecified atom stereocenters. The second-order valence-electron chi connectivity index (χ2n) is 5.07. The summed E-state index contributed by atoms with van der Waals surface area (Å²) >= 11 is 0. The fourth-order valence-corrected chi connectivity index (χ4v) is 2.38. The van der Waals surface area contributed by atoms with E-state index in [2.05, 4.69) is 17.1 Å². The van der Waals surface area contributed by atoms with Crippen molar-refractivity contribution in [3.8, 4) is 0 Å². The zero-order valence-electron chi connectivity index (χ0n) is 9.96. The number of hydrogen-bond acceptors (Lipinski definition) is 2. The van der Waals surface area contributed by atoms with Gasteiger partial charge in [-0.05, 0) is 36.6 Å². The zero-order chi connectivity index (χ0) is 11.6. The van der Waals surface area contributed by atoms with E-state index in [0.717, 1.165) is 25.3 Å². The molecule has 16 heavy (non-hydrogen) atoms. The molecule has 1 aromatic carbocycles. The van der Waals surface area contributed by atoms with Crippen LogP contribution in [0.2, 0.25) is 0 Å². The molecule has 0 spiro atoms. The molecule has 0 saturated carbocycles. The first-order valence-corrected chi connectivity index (χ1v) is 5.77. The Morgan fingerprint density at radius 3 is 2.94 bits per heavy atom. The summed E-state index contributed by atoms with van der Waals surface area (Å²) in [6.07, 6.45) is 1.19. The summed E-state index contributed by atoms with van der Waals surface area (Å²) in [6, 6.07) is 6.78. The number of halogens is 1. The van der Waals surface area contributed by atoms with E-state index in [9.17, 15) is 4.39 Å². The molecule has 1 N–H and O–H groups in total. The second-order valence-corrected chi connectivity index (χ2v) is 5.07. The number of nitrogens with zero attached hydrogens (tertiary/aromatic N) is 1. The molecule has 88 valence electrons. The van der Waals surface area contributed by atoms with Gasteiger partial charge in [-0.3, -0.25) is 0 Å². The van der Waals surface area contributed by atoms with Gasteiger partial charge in [-0.1, -0.05) is 13.0 Å². The molecule has 2 nitrogen and oxygen atoms in total. The van der Waals surface area contributed by atoms with Gasteiger partial charge >= 0.3 is 0 Å². The van der Waals surface area contributed by atoms with E-state index in [0.29, 0.717) is 5.41 Å². The average Bonchev–Trinajstić information content (AvgIpc) is 2.65. The second kappa shape index (κ2) is 4.42. The predicted octanol–water partition coefficient (Wildman–Crippen LogP) is 2.26. The van der Waals surface area contributed by atoms with Gasteiger partial charge in [0.05, 0.1) is 0 Å². The highest BCUT2D eigenvalue weighted by atomic mass is 19.1. The number of benzene rings is 1.